The minimum absolute atomic E-state index is 0.547. The third-order valence-corrected chi connectivity index (χ3v) is 2.83. The van der Waals surface area contributed by atoms with Crippen LogP contribution in [-0.2, 0) is 0 Å². The van der Waals surface area contributed by atoms with Crippen molar-refractivity contribution in [3.05, 3.63) is 42.1 Å². The Morgan fingerprint density at radius 1 is 1.27 bits per heavy atom. The molecular formula is C13H17NO. The summed E-state index contributed by atoms with van der Waals surface area (Å²) in [6.07, 6.45) is 6.76. The molecule has 1 unspecified atom stereocenters. The van der Waals surface area contributed by atoms with Gasteiger partial charge in [0.25, 0.3) is 0 Å². The van der Waals surface area contributed by atoms with Gasteiger partial charge in [-0.25, -0.2) is 0 Å². The van der Waals surface area contributed by atoms with Crippen molar-refractivity contribution < 1.29 is 4.74 Å². The first-order valence-corrected chi connectivity index (χ1v) is 5.44. The number of methoxy groups -OCH3 is 1. The number of allylic oxidation sites excluding steroid dienone is 1. The standard InChI is InChI=1S/C13H17NO/c1-15-13-6-4-12(5-7-13)11-3-2-9-14-10-8-11/h4-8,10-11,14H,2-3,9H2,1H3. The van der Waals surface area contributed by atoms with E-state index in [0.717, 1.165) is 12.3 Å². The molecule has 1 aromatic carbocycles. The maximum Gasteiger partial charge on any atom is 0.118 e. The summed E-state index contributed by atoms with van der Waals surface area (Å²) >= 11 is 0. The van der Waals surface area contributed by atoms with E-state index in [1.54, 1.807) is 7.11 Å². The van der Waals surface area contributed by atoms with E-state index in [2.05, 4.69) is 29.7 Å². The SMILES string of the molecule is COc1ccc(C2C=CNCCC2)cc1. The molecule has 0 aliphatic carbocycles. The molecule has 80 valence electrons. The highest BCUT2D eigenvalue weighted by molar-refractivity contribution is 5.31. The minimum Gasteiger partial charge on any atom is -0.497 e. The molecule has 1 aliphatic rings. The summed E-state index contributed by atoms with van der Waals surface area (Å²) < 4.78 is 5.15. The van der Waals surface area contributed by atoms with Gasteiger partial charge in [0.05, 0.1) is 7.11 Å². The quantitative estimate of drug-likeness (QED) is 0.798. The average Bonchev–Trinajstić information content (AvgIpc) is 2.58. The average molecular weight is 203 g/mol. The van der Waals surface area contributed by atoms with Crippen LogP contribution in [0.5, 0.6) is 5.75 Å². The molecule has 2 rings (SSSR count). The summed E-state index contributed by atoms with van der Waals surface area (Å²) in [4.78, 5) is 0. The van der Waals surface area contributed by atoms with Crippen LogP contribution < -0.4 is 10.1 Å². The van der Waals surface area contributed by atoms with Crippen molar-refractivity contribution in [1.82, 2.24) is 5.32 Å². The molecule has 1 heterocycles. The zero-order valence-corrected chi connectivity index (χ0v) is 9.07. The van der Waals surface area contributed by atoms with E-state index in [-0.39, 0.29) is 0 Å². The second-order valence-corrected chi connectivity index (χ2v) is 3.84. The molecule has 0 saturated carbocycles. The zero-order chi connectivity index (χ0) is 10.5. The highest BCUT2D eigenvalue weighted by Gasteiger charge is 2.09. The Hall–Kier alpha value is -1.44. The smallest absolute Gasteiger partial charge is 0.118 e. The number of ether oxygens (including phenoxy) is 1. The highest BCUT2D eigenvalue weighted by atomic mass is 16.5. The zero-order valence-electron chi connectivity index (χ0n) is 9.07. The molecule has 0 bridgehead atoms. The molecule has 2 nitrogen and oxygen atoms in total. The molecular weight excluding hydrogens is 186 g/mol. The molecule has 1 aromatic rings. The first-order chi connectivity index (χ1) is 7.40. The molecule has 0 spiro atoms. The molecule has 1 N–H and O–H groups in total. The third-order valence-electron chi connectivity index (χ3n) is 2.83. The van der Waals surface area contributed by atoms with Crippen LogP contribution in [0.25, 0.3) is 0 Å². The van der Waals surface area contributed by atoms with Crippen LogP contribution in [0.3, 0.4) is 0 Å². The predicted molar refractivity (Wildman–Crippen MR) is 62.1 cm³/mol. The number of hydrogen-bond donors (Lipinski definition) is 1. The molecule has 1 atom stereocenters. The van der Waals surface area contributed by atoms with Gasteiger partial charge < -0.3 is 10.1 Å². The fourth-order valence-corrected chi connectivity index (χ4v) is 1.92. The van der Waals surface area contributed by atoms with E-state index in [4.69, 9.17) is 4.74 Å². The van der Waals surface area contributed by atoms with Crippen LogP contribution >= 0.6 is 0 Å². The number of nitrogens with one attached hydrogen (secondary N) is 1. The molecule has 0 amide bonds. The summed E-state index contributed by atoms with van der Waals surface area (Å²) in [5, 5.41) is 3.26. The summed E-state index contributed by atoms with van der Waals surface area (Å²) in [6.45, 7) is 1.09. The van der Waals surface area contributed by atoms with Crippen molar-refractivity contribution in [2.24, 2.45) is 0 Å². The molecule has 15 heavy (non-hydrogen) atoms. The first-order valence-electron chi connectivity index (χ1n) is 5.44. The lowest BCUT2D eigenvalue weighted by atomic mass is 9.95. The lowest BCUT2D eigenvalue weighted by Gasteiger charge is -2.11. The normalized spacial score (nSPS) is 20.5. The predicted octanol–water partition coefficient (Wildman–Crippen LogP) is 2.68. The molecule has 0 radical (unpaired) electrons. The summed E-state index contributed by atoms with van der Waals surface area (Å²) in [6, 6.07) is 8.36. The van der Waals surface area contributed by atoms with Crippen molar-refractivity contribution >= 4 is 0 Å². The van der Waals surface area contributed by atoms with Crippen LogP contribution in [0.15, 0.2) is 36.5 Å². The van der Waals surface area contributed by atoms with Crippen molar-refractivity contribution in [3.63, 3.8) is 0 Å². The Morgan fingerprint density at radius 2 is 2.07 bits per heavy atom. The van der Waals surface area contributed by atoms with Crippen LogP contribution in [-0.4, -0.2) is 13.7 Å². The molecule has 2 heteroatoms. The van der Waals surface area contributed by atoms with E-state index in [0.29, 0.717) is 5.92 Å². The van der Waals surface area contributed by atoms with Crippen LogP contribution in [0.1, 0.15) is 24.3 Å². The largest absolute Gasteiger partial charge is 0.497 e. The minimum atomic E-state index is 0.547. The Kier molecular flexibility index (Phi) is 3.28. The number of hydrogen-bond acceptors (Lipinski definition) is 2. The van der Waals surface area contributed by atoms with Gasteiger partial charge in [-0.15, -0.1) is 0 Å². The van der Waals surface area contributed by atoms with Crippen LogP contribution in [0.4, 0.5) is 0 Å². The summed E-state index contributed by atoms with van der Waals surface area (Å²) in [7, 11) is 1.70. The van der Waals surface area contributed by atoms with Crippen molar-refractivity contribution in [2.75, 3.05) is 13.7 Å². The van der Waals surface area contributed by atoms with Gasteiger partial charge in [0.1, 0.15) is 5.75 Å². The van der Waals surface area contributed by atoms with Crippen molar-refractivity contribution in [3.8, 4) is 5.75 Å². The van der Waals surface area contributed by atoms with Crippen molar-refractivity contribution in [1.29, 1.82) is 0 Å². The van der Waals surface area contributed by atoms with Gasteiger partial charge in [-0.05, 0) is 36.7 Å². The Morgan fingerprint density at radius 3 is 2.80 bits per heavy atom. The van der Waals surface area contributed by atoms with Gasteiger partial charge in [0, 0.05) is 12.5 Å². The topological polar surface area (TPSA) is 21.3 Å². The van der Waals surface area contributed by atoms with Crippen LogP contribution in [0.2, 0.25) is 0 Å². The van der Waals surface area contributed by atoms with Gasteiger partial charge in [0.2, 0.25) is 0 Å². The van der Waals surface area contributed by atoms with E-state index >= 15 is 0 Å². The Bertz CT molecular complexity index is 329. The van der Waals surface area contributed by atoms with Gasteiger partial charge in [0.15, 0.2) is 0 Å². The fraction of sp³-hybridized carbons (Fsp3) is 0.385. The summed E-state index contributed by atoms with van der Waals surface area (Å²) in [5.74, 6) is 1.47. The molecule has 1 aliphatic heterocycles. The van der Waals surface area contributed by atoms with Gasteiger partial charge in [-0.2, -0.15) is 0 Å². The lowest BCUT2D eigenvalue weighted by molar-refractivity contribution is 0.414. The van der Waals surface area contributed by atoms with Crippen molar-refractivity contribution in [2.45, 2.75) is 18.8 Å². The Balaban J connectivity index is 2.13. The maximum absolute atomic E-state index is 5.15. The number of benzene rings is 1. The van der Waals surface area contributed by atoms with Gasteiger partial charge in [-0.3, -0.25) is 0 Å². The van der Waals surface area contributed by atoms with E-state index in [9.17, 15) is 0 Å². The van der Waals surface area contributed by atoms with Gasteiger partial charge >= 0.3 is 0 Å². The Labute approximate surface area is 91.0 Å². The third kappa shape index (κ3) is 2.52. The highest BCUT2D eigenvalue weighted by Crippen LogP contribution is 2.25. The molecule has 0 fully saturated rings. The second kappa shape index (κ2) is 4.87. The number of rotatable bonds is 2. The van der Waals surface area contributed by atoms with Crippen LogP contribution in [0, 0.1) is 0 Å². The van der Waals surface area contributed by atoms with E-state index < -0.39 is 0 Å². The molecule has 0 saturated heterocycles. The maximum atomic E-state index is 5.15. The van der Waals surface area contributed by atoms with E-state index in [1.807, 2.05) is 12.1 Å². The monoisotopic (exact) mass is 203 g/mol. The lowest BCUT2D eigenvalue weighted by Crippen LogP contribution is -2.03. The fourth-order valence-electron chi connectivity index (χ4n) is 1.92. The van der Waals surface area contributed by atoms with E-state index in [1.165, 1.54) is 18.4 Å². The van der Waals surface area contributed by atoms with Gasteiger partial charge in [-0.1, -0.05) is 18.2 Å². The summed E-state index contributed by atoms with van der Waals surface area (Å²) in [5.41, 5.74) is 1.37. The first kappa shape index (κ1) is 10.1. The second-order valence-electron chi connectivity index (χ2n) is 3.84. The molecule has 0 aromatic heterocycles.